The third-order valence-corrected chi connectivity index (χ3v) is 5.47. The molecular formula is C17H22N4O2S. The van der Waals surface area contributed by atoms with Crippen molar-refractivity contribution in [3.05, 3.63) is 39.7 Å². The highest BCUT2D eigenvalue weighted by atomic mass is 32.1. The van der Waals surface area contributed by atoms with Gasteiger partial charge in [0, 0.05) is 26.2 Å². The Morgan fingerprint density at radius 2 is 2.12 bits per heavy atom. The molecule has 24 heavy (non-hydrogen) atoms. The SMILES string of the molecule is CN1CCN(Cc2nc3c(o2)CN(C(=O)Cc2ccsc2)C3)CC1. The smallest absolute Gasteiger partial charge is 0.227 e. The third kappa shape index (κ3) is 3.38. The number of hydrogen-bond acceptors (Lipinski definition) is 6. The van der Waals surface area contributed by atoms with Crippen LogP contribution in [0.15, 0.2) is 21.2 Å². The van der Waals surface area contributed by atoms with Crippen molar-refractivity contribution in [2.24, 2.45) is 0 Å². The molecule has 0 spiro atoms. The maximum Gasteiger partial charge on any atom is 0.227 e. The highest BCUT2D eigenvalue weighted by Gasteiger charge is 2.29. The Morgan fingerprint density at radius 1 is 1.29 bits per heavy atom. The van der Waals surface area contributed by atoms with E-state index in [-0.39, 0.29) is 5.91 Å². The quantitative estimate of drug-likeness (QED) is 0.841. The largest absolute Gasteiger partial charge is 0.442 e. The minimum Gasteiger partial charge on any atom is -0.442 e. The molecule has 1 amide bonds. The zero-order valence-electron chi connectivity index (χ0n) is 13.9. The molecule has 2 aromatic heterocycles. The molecule has 2 aliphatic heterocycles. The van der Waals surface area contributed by atoms with E-state index in [9.17, 15) is 4.79 Å². The van der Waals surface area contributed by atoms with E-state index in [4.69, 9.17) is 4.42 Å². The number of nitrogens with zero attached hydrogens (tertiary/aromatic N) is 4. The van der Waals surface area contributed by atoms with Crippen LogP contribution in [0, 0.1) is 0 Å². The molecule has 1 saturated heterocycles. The average Bonchev–Trinajstić information content (AvgIpc) is 3.25. The Morgan fingerprint density at radius 3 is 2.83 bits per heavy atom. The van der Waals surface area contributed by atoms with E-state index in [0.717, 1.165) is 55.6 Å². The van der Waals surface area contributed by atoms with Crippen molar-refractivity contribution >= 4 is 17.2 Å². The second kappa shape index (κ2) is 6.66. The van der Waals surface area contributed by atoms with E-state index in [1.165, 1.54) is 0 Å². The van der Waals surface area contributed by atoms with Crippen molar-refractivity contribution in [3.8, 4) is 0 Å². The predicted octanol–water partition coefficient (Wildman–Crippen LogP) is 1.57. The number of fused-ring (bicyclic) bond motifs is 1. The lowest BCUT2D eigenvalue weighted by Gasteiger charge is -2.31. The van der Waals surface area contributed by atoms with Crippen molar-refractivity contribution < 1.29 is 9.21 Å². The molecule has 0 radical (unpaired) electrons. The molecule has 2 aromatic rings. The molecule has 1 fully saturated rings. The first-order chi connectivity index (χ1) is 11.7. The van der Waals surface area contributed by atoms with Crippen LogP contribution < -0.4 is 0 Å². The third-order valence-electron chi connectivity index (χ3n) is 4.74. The highest BCUT2D eigenvalue weighted by molar-refractivity contribution is 7.07. The number of carbonyl (C=O) groups is 1. The number of oxazole rings is 1. The van der Waals surface area contributed by atoms with E-state index in [1.807, 2.05) is 21.7 Å². The highest BCUT2D eigenvalue weighted by Crippen LogP contribution is 2.25. The summed E-state index contributed by atoms with van der Waals surface area (Å²) in [5.41, 5.74) is 2.01. The minimum atomic E-state index is 0.141. The van der Waals surface area contributed by atoms with E-state index >= 15 is 0 Å². The van der Waals surface area contributed by atoms with Crippen molar-refractivity contribution in [2.45, 2.75) is 26.1 Å². The van der Waals surface area contributed by atoms with Gasteiger partial charge in [-0.3, -0.25) is 9.69 Å². The fourth-order valence-electron chi connectivity index (χ4n) is 3.21. The summed E-state index contributed by atoms with van der Waals surface area (Å²) in [6, 6.07) is 2.00. The Hall–Kier alpha value is -1.70. The van der Waals surface area contributed by atoms with E-state index in [2.05, 4.69) is 21.8 Å². The second-order valence-corrected chi connectivity index (χ2v) is 7.40. The number of amides is 1. The van der Waals surface area contributed by atoms with Gasteiger partial charge >= 0.3 is 0 Å². The molecule has 0 atom stereocenters. The van der Waals surface area contributed by atoms with Crippen LogP contribution in [0.1, 0.15) is 22.9 Å². The van der Waals surface area contributed by atoms with Gasteiger partial charge < -0.3 is 14.2 Å². The van der Waals surface area contributed by atoms with Gasteiger partial charge in [-0.2, -0.15) is 11.3 Å². The zero-order valence-corrected chi connectivity index (χ0v) is 14.7. The fraction of sp³-hybridized carbons (Fsp3) is 0.529. The van der Waals surface area contributed by atoms with Crippen LogP contribution in [-0.4, -0.2) is 58.8 Å². The summed E-state index contributed by atoms with van der Waals surface area (Å²) < 4.78 is 5.91. The summed E-state index contributed by atoms with van der Waals surface area (Å²) in [6.07, 6.45) is 0.460. The van der Waals surface area contributed by atoms with Crippen molar-refractivity contribution in [3.63, 3.8) is 0 Å². The summed E-state index contributed by atoms with van der Waals surface area (Å²) in [4.78, 5) is 23.5. The Balaban J connectivity index is 1.33. The first-order valence-corrected chi connectivity index (χ1v) is 9.29. The van der Waals surface area contributed by atoms with E-state index in [0.29, 0.717) is 19.5 Å². The summed E-state index contributed by atoms with van der Waals surface area (Å²) in [5.74, 6) is 1.79. The molecule has 0 bridgehead atoms. The summed E-state index contributed by atoms with van der Waals surface area (Å²) in [7, 11) is 2.15. The number of carbonyl (C=O) groups excluding carboxylic acids is 1. The number of thiophene rings is 1. The number of rotatable bonds is 4. The number of aromatic nitrogens is 1. The topological polar surface area (TPSA) is 52.8 Å². The van der Waals surface area contributed by atoms with Gasteiger partial charge in [-0.25, -0.2) is 4.98 Å². The molecular weight excluding hydrogens is 324 g/mol. The summed E-state index contributed by atoms with van der Waals surface area (Å²) >= 11 is 1.62. The van der Waals surface area contributed by atoms with Crippen molar-refractivity contribution in [1.82, 2.24) is 19.7 Å². The monoisotopic (exact) mass is 346 g/mol. The molecule has 7 heteroatoms. The Labute approximate surface area is 145 Å². The van der Waals surface area contributed by atoms with Crippen LogP contribution in [0.3, 0.4) is 0 Å². The molecule has 2 aliphatic rings. The van der Waals surface area contributed by atoms with Crippen LogP contribution in [0.4, 0.5) is 0 Å². The van der Waals surface area contributed by atoms with Gasteiger partial charge in [0.1, 0.15) is 11.5 Å². The summed E-state index contributed by atoms with van der Waals surface area (Å²) in [6.45, 7) is 6.17. The van der Waals surface area contributed by atoms with Gasteiger partial charge in [0.05, 0.1) is 26.1 Å². The van der Waals surface area contributed by atoms with Crippen LogP contribution in [0.2, 0.25) is 0 Å². The summed E-state index contributed by atoms with van der Waals surface area (Å²) in [5, 5.41) is 4.03. The van der Waals surface area contributed by atoms with Gasteiger partial charge in [0.25, 0.3) is 0 Å². The molecule has 0 saturated carbocycles. The minimum absolute atomic E-state index is 0.141. The number of likely N-dealkylation sites (N-methyl/N-ethyl adjacent to an activating group) is 1. The van der Waals surface area contributed by atoms with Crippen LogP contribution in [-0.2, 0) is 30.8 Å². The van der Waals surface area contributed by atoms with Crippen LogP contribution in [0.25, 0.3) is 0 Å². The second-order valence-electron chi connectivity index (χ2n) is 6.62. The molecule has 128 valence electrons. The Bertz CT molecular complexity index is 681. The van der Waals surface area contributed by atoms with Crippen molar-refractivity contribution in [2.75, 3.05) is 33.2 Å². The zero-order chi connectivity index (χ0) is 16.5. The van der Waals surface area contributed by atoms with Crippen LogP contribution >= 0.6 is 11.3 Å². The first kappa shape index (κ1) is 15.8. The molecule has 4 rings (SSSR count). The maximum atomic E-state index is 12.4. The maximum absolute atomic E-state index is 12.4. The van der Waals surface area contributed by atoms with Crippen molar-refractivity contribution in [1.29, 1.82) is 0 Å². The molecule has 6 nitrogen and oxygen atoms in total. The van der Waals surface area contributed by atoms with Gasteiger partial charge in [0.15, 0.2) is 0 Å². The molecule has 4 heterocycles. The predicted molar refractivity (Wildman–Crippen MR) is 91.6 cm³/mol. The normalized spacial score (nSPS) is 19.0. The fourth-order valence-corrected chi connectivity index (χ4v) is 3.88. The number of piperazine rings is 1. The van der Waals surface area contributed by atoms with E-state index in [1.54, 1.807) is 11.3 Å². The standard InChI is InChI=1S/C17H22N4O2S/c1-19-3-5-20(6-4-19)11-16-18-14-9-21(10-15(14)23-16)17(22)8-13-2-7-24-12-13/h2,7,12H,3-6,8-11H2,1H3. The lowest BCUT2D eigenvalue weighted by atomic mass is 10.2. The first-order valence-electron chi connectivity index (χ1n) is 8.34. The lowest BCUT2D eigenvalue weighted by molar-refractivity contribution is -0.131. The van der Waals surface area contributed by atoms with Crippen LogP contribution in [0.5, 0.6) is 0 Å². The van der Waals surface area contributed by atoms with Gasteiger partial charge in [-0.1, -0.05) is 0 Å². The number of hydrogen-bond donors (Lipinski definition) is 0. The molecule has 0 aromatic carbocycles. The Kier molecular flexibility index (Phi) is 4.39. The van der Waals surface area contributed by atoms with Gasteiger partial charge in [0.2, 0.25) is 11.8 Å². The lowest BCUT2D eigenvalue weighted by Crippen LogP contribution is -2.43. The van der Waals surface area contributed by atoms with Gasteiger partial charge in [-0.05, 0) is 29.4 Å². The van der Waals surface area contributed by atoms with E-state index < -0.39 is 0 Å². The van der Waals surface area contributed by atoms with Gasteiger partial charge in [-0.15, -0.1) is 0 Å². The molecule has 0 N–H and O–H groups in total. The average molecular weight is 346 g/mol. The molecule has 0 aliphatic carbocycles. The molecule has 0 unspecified atom stereocenters.